The predicted octanol–water partition coefficient (Wildman–Crippen LogP) is 0.749. The molecule has 0 rings (SSSR count). The number of hydrogen-bond acceptors (Lipinski definition) is 2. The Morgan fingerprint density at radius 1 is 1.31 bits per heavy atom. The number of amides is 1. The third-order valence-corrected chi connectivity index (χ3v) is 1.51. The Bertz CT molecular complexity index is 197. The first-order chi connectivity index (χ1) is 6.07. The molecule has 74 valence electrons. The monoisotopic (exact) mass is 182 g/mol. The largest absolute Gasteiger partial charge is 0.339 e. The van der Waals surface area contributed by atoms with Crippen LogP contribution in [0.15, 0.2) is 24.8 Å². The molecule has 0 atom stereocenters. The van der Waals surface area contributed by atoms with Crippen LogP contribution in [0.25, 0.3) is 0 Å². The molecule has 0 unspecified atom stereocenters. The Kier molecular flexibility index (Phi) is 5.89. The van der Waals surface area contributed by atoms with Gasteiger partial charge in [-0.15, -0.1) is 6.58 Å². The Morgan fingerprint density at radius 3 is 2.38 bits per heavy atom. The number of rotatable bonds is 5. The second-order valence-electron chi connectivity index (χ2n) is 3.17. The molecule has 0 aromatic heterocycles. The smallest absolute Gasteiger partial charge is 0.246 e. The lowest BCUT2D eigenvalue weighted by molar-refractivity contribution is -0.124. The van der Waals surface area contributed by atoms with Gasteiger partial charge in [-0.25, -0.2) is 0 Å². The van der Waals surface area contributed by atoms with Crippen molar-refractivity contribution < 1.29 is 4.79 Å². The molecular weight excluding hydrogens is 164 g/mol. The molecule has 0 N–H and O–H groups in total. The van der Waals surface area contributed by atoms with Gasteiger partial charge in [-0.3, -0.25) is 4.79 Å². The Hall–Kier alpha value is -1.09. The molecule has 0 aromatic rings. The van der Waals surface area contributed by atoms with Crippen molar-refractivity contribution in [1.29, 1.82) is 0 Å². The normalized spacial score (nSPS) is 10.8. The standard InChI is InChI=1S/C10H18N2O/c1-5-8-12(4)10(13)7-6-9-11(2)3/h5-7H,1,8-9H2,2-4H3/b7-6+. The highest BCUT2D eigenvalue weighted by Crippen LogP contribution is 1.87. The number of carbonyl (C=O) groups is 1. The summed E-state index contributed by atoms with van der Waals surface area (Å²) in [4.78, 5) is 14.9. The van der Waals surface area contributed by atoms with Gasteiger partial charge in [0.1, 0.15) is 0 Å². The summed E-state index contributed by atoms with van der Waals surface area (Å²) in [6.07, 6.45) is 5.14. The van der Waals surface area contributed by atoms with Crippen molar-refractivity contribution in [2.45, 2.75) is 0 Å². The van der Waals surface area contributed by atoms with E-state index in [0.717, 1.165) is 6.54 Å². The summed E-state index contributed by atoms with van der Waals surface area (Å²) in [6, 6.07) is 0. The zero-order chi connectivity index (χ0) is 10.3. The lowest BCUT2D eigenvalue weighted by Crippen LogP contribution is -2.24. The number of hydrogen-bond donors (Lipinski definition) is 0. The average Bonchev–Trinajstić information content (AvgIpc) is 2.04. The van der Waals surface area contributed by atoms with Gasteiger partial charge in [-0.2, -0.15) is 0 Å². The van der Waals surface area contributed by atoms with Gasteiger partial charge in [-0.05, 0) is 14.1 Å². The summed E-state index contributed by atoms with van der Waals surface area (Å²) in [6.45, 7) is 4.94. The lowest BCUT2D eigenvalue weighted by atomic mass is 10.4. The fourth-order valence-corrected chi connectivity index (χ4v) is 0.775. The highest BCUT2D eigenvalue weighted by Gasteiger charge is 2.00. The van der Waals surface area contributed by atoms with Gasteiger partial charge in [-0.1, -0.05) is 12.2 Å². The van der Waals surface area contributed by atoms with Gasteiger partial charge in [0.25, 0.3) is 0 Å². The quantitative estimate of drug-likeness (QED) is 0.462. The van der Waals surface area contributed by atoms with Crippen LogP contribution >= 0.6 is 0 Å². The molecule has 0 aliphatic rings. The molecule has 13 heavy (non-hydrogen) atoms. The molecule has 0 heterocycles. The molecule has 0 aliphatic carbocycles. The van der Waals surface area contributed by atoms with Crippen molar-refractivity contribution in [3.05, 3.63) is 24.8 Å². The highest BCUT2D eigenvalue weighted by atomic mass is 16.2. The molecule has 3 heteroatoms. The van der Waals surface area contributed by atoms with Crippen LogP contribution < -0.4 is 0 Å². The molecule has 0 bridgehead atoms. The minimum absolute atomic E-state index is 0.0155. The van der Waals surface area contributed by atoms with E-state index in [9.17, 15) is 4.79 Å². The van der Waals surface area contributed by atoms with Crippen molar-refractivity contribution in [2.75, 3.05) is 34.2 Å². The van der Waals surface area contributed by atoms with E-state index >= 15 is 0 Å². The van der Waals surface area contributed by atoms with E-state index in [1.54, 1.807) is 24.1 Å². The fraction of sp³-hybridized carbons (Fsp3) is 0.500. The van der Waals surface area contributed by atoms with Gasteiger partial charge in [0, 0.05) is 26.2 Å². The summed E-state index contributed by atoms with van der Waals surface area (Å²) < 4.78 is 0. The molecule has 0 aromatic carbocycles. The van der Waals surface area contributed by atoms with Crippen LogP contribution in [0, 0.1) is 0 Å². The van der Waals surface area contributed by atoms with Crippen LogP contribution in [0.3, 0.4) is 0 Å². The Labute approximate surface area is 80.3 Å². The van der Waals surface area contributed by atoms with Gasteiger partial charge in [0.2, 0.25) is 5.91 Å². The maximum atomic E-state index is 11.3. The summed E-state index contributed by atoms with van der Waals surface area (Å²) >= 11 is 0. The van der Waals surface area contributed by atoms with E-state index in [-0.39, 0.29) is 5.91 Å². The maximum Gasteiger partial charge on any atom is 0.246 e. The van der Waals surface area contributed by atoms with Crippen molar-refractivity contribution >= 4 is 5.91 Å². The van der Waals surface area contributed by atoms with E-state index in [0.29, 0.717) is 6.54 Å². The predicted molar refractivity (Wildman–Crippen MR) is 55.5 cm³/mol. The van der Waals surface area contributed by atoms with Crippen molar-refractivity contribution in [3.63, 3.8) is 0 Å². The maximum absolute atomic E-state index is 11.3. The molecule has 1 amide bonds. The molecule has 0 saturated carbocycles. The fourth-order valence-electron chi connectivity index (χ4n) is 0.775. The molecule has 0 aliphatic heterocycles. The zero-order valence-electron chi connectivity index (χ0n) is 8.66. The third-order valence-electron chi connectivity index (χ3n) is 1.51. The number of carbonyl (C=O) groups excluding carboxylic acids is 1. The van der Waals surface area contributed by atoms with E-state index in [1.807, 2.05) is 25.1 Å². The van der Waals surface area contributed by atoms with Crippen molar-refractivity contribution in [2.24, 2.45) is 0 Å². The van der Waals surface area contributed by atoms with Gasteiger partial charge in [0.15, 0.2) is 0 Å². The first-order valence-electron chi connectivity index (χ1n) is 4.25. The van der Waals surface area contributed by atoms with Gasteiger partial charge < -0.3 is 9.80 Å². The van der Waals surface area contributed by atoms with Gasteiger partial charge in [0.05, 0.1) is 0 Å². The summed E-state index contributed by atoms with van der Waals surface area (Å²) in [5.74, 6) is 0.0155. The first kappa shape index (κ1) is 11.9. The minimum Gasteiger partial charge on any atom is -0.339 e. The third kappa shape index (κ3) is 6.11. The van der Waals surface area contributed by atoms with Crippen LogP contribution in [-0.4, -0.2) is 49.9 Å². The number of nitrogens with zero attached hydrogens (tertiary/aromatic N) is 2. The second-order valence-corrected chi connectivity index (χ2v) is 3.17. The molecule has 0 spiro atoms. The SMILES string of the molecule is C=CCN(C)C(=O)/C=C/CN(C)C. The molecule has 0 fully saturated rings. The van der Waals surface area contributed by atoms with E-state index in [4.69, 9.17) is 0 Å². The topological polar surface area (TPSA) is 23.6 Å². The Balaban J connectivity index is 3.84. The zero-order valence-corrected chi connectivity index (χ0v) is 8.66. The van der Waals surface area contributed by atoms with Gasteiger partial charge >= 0.3 is 0 Å². The van der Waals surface area contributed by atoms with Crippen LogP contribution in [-0.2, 0) is 4.79 Å². The van der Waals surface area contributed by atoms with E-state index < -0.39 is 0 Å². The highest BCUT2D eigenvalue weighted by molar-refractivity contribution is 5.87. The minimum atomic E-state index is 0.0155. The van der Waals surface area contributed by atoms with Crippen LogP contribution in [0.4, 0.5) is 0 Å². The average molecular weight is 182 g/mol. The Morgan fingerprint density at radius 2 is 1.92 bits per heavy atom. The van der Waals surface area contributed by atoms with Crippen molar-refractivity contribution in [3.8, 4) is 0 Å². The van der Waals surface area contributed by atoms with E-state index in [2.05, 4.69) is 6.58 Å². The van der Waals surface area contributed by atoms with Crippen LogP contribution in [0.5, 0.6) is 0 Å². The summed E-state index contributed by atoms with van der Waals surface area (Å²) in [5, 5.41) is 0. The van der Waals surface area contributed by atoms with Crippen molar-refractivity contribution in [1.82, 2.24) is 9.80 Å². The molecular formula is C10H18N2O. The van der Waals surface area contributed by atoms with Crippen LogP contribution in [0.1, 0.15) is 0 Å². The first-order valence-corrected chi connectivity index (χ1v) is 4.25. The lowest BCUT2D eigenvalue weighted by Gasteiger charge is -2.11. The molecule has 0 radical (unpaired) electrons. The summed E-state index contributed by atoms with van der Waals surface area (Å²) in [5.41, 5.74) is 0. The van der Waals surface area contributed by atoms with E-state index in [1.165, 1.54) is 0 Å². The van der Waals surface area contributed by atoms with Crippen LogP contribution in [0.2, 0.25) is 0 Å². The number of likely N-dealkylation sites (N-methyl/N-ethyl adjacent to an activating group) is 2. The summed E-state index contributed by atoms with van der Waals surface area (Å²) in [7, 11) is 5.68. The molecule has 0 saturated heterocycles. The second kappa shape index (κ2) is 6.43. The molecule has 3 nitrogen and oxygen atoms in total.